The molecule has 3 rings (SSSR count). The Hall–Kier alpha value is -0.740. The lowest BCUT2D eigenvalue weighted by molar-refractivity contribution is 0.465. The van der Waals surface area contributed by atoms with Gasteiger partial charge in [0, 0.05) is 37.1 Å². The van der Waals surface area contributed by atoms with E-state index in [2.05, 4.69) is 30.1 Å². The number of aromatic nitrogens is 1. The number of nitrogens with one attached hydrogen (secondary N) is 1. The number of hydrogen-bond acceptors (Lipinski definition) is 4. The van der Waals surface area contributed by atoms with Crippen molar-refractivity contribution in [2.24, 2.45) is 0 Å². The number of aryl methyl sites for hydroxylation is 2. The average Bonchev–Trinajstić information content (AvgIpc) is 2.50. The van der Waals surface area contributed by atoms with Gasteiger partial charge >= 0.3 is 0 Å². The average molecular weight is 249 g/mol. The van der Waals surface area contributed by atoms with E-state index in [0.717, 1.165) is 19.6 Å². The number of hydrogen-bond donors (Lipinski definition) is 1. The van der Waals surface area contributed by atoms with Gasteiger partial charge in [0.1, 0.15) is 5.82 Å². The molecule has 0 amide bonds. The third kappa shape index (κ3) is 2.04. The van der Waals surface area contributed by atoms with Crippen molar-refractivity contribution >= 4 is 17.6 Å². The number of rotatable bonds is 0. The second kappa shape index (κ2) is 4.50. The molecule has 17 heavy (non-hydrogen) atoms. The van der Waals surface area contributed by atoms with Gasteiger partial charge in [0.05, 0.1) is 4.90 Å². The molecule has 1 fully saturated rings. The van der Waals surface area contributed by atoms with Gasteiger partial charge in [-0.3, -0.25) is 0 Å². The van der Waals surface area contributed by atoms with Gasteiger partial charge in [-0.1, -0.05) is 0 Å². The molecule has 4 heteroatoms. The highest BCUT2D eigenvalue weighted by Gasteiger charge is 2.28. The van der Waals surface area contributed by atoms with Gasteiger partial charge in [0.2, 0.25) is 0 Å². The van der Waals surface area contributed by atoms with Crippen molar-refractivity contribution in [3.8, 4) is 0 Å². The molecule has 3 nitrogen and oxygen atoms in total. The van der Waals surface area contributed by atoms with Crippen LogP contribution in [0.5, 0.6) is 0 Å². The maximum absolute atomic E-state index is 4.83. The van der Waals surface area contributed by atoms with Crippen molar-refractivity contribution < 1.29 is 0 Å². The van der Waals surface area contributed by atoms with Gasteiger partial charge < -0.3 is 10.2 Å². The number of nitrogens with zero attached hydrogens (tertiary/aromatic N) is 2. The van der Waals surface area contributed by atoms with Crippen LogP contribution in [0.4, 0.5) is 5.82 Å². The Bertz CT molecular complexity index is 433. The summed E-state index contributed by atoms with van der Waals surface area (Å²) in [6.45, 7) is 7.54. The first-order valence-corrected chi connectivity index (χ1v) is 7.32. The van der Waals surface area contributed by atoms with E-state index in [1.165, 1.54) is 34.1 Å². The molecule has 1 atom stereocenters. The molecule has 2 aliphatic rings. The number of fused-ring (bicyclic) bond motifs is 3. The van der Waals surface area contributed by atoms with E-state index in [0.29, 0.717) is 6.04 Å². The van der Waals surface area contributed by atoms with E-state index < -0.39 is 0 Å². The summed E-state index contributed by atoms with van der Waals surface area (Å²) in [5.41, 5.74) is 2.48. The van der Waals surface area contributed by atoms with Crippen molar-refractivity contribution in [3.05, 3.63) is 17.3 Å². The van der Waals surface area contributed by atoms with E-state index in [1.807, 2.05) is 11.8 Å². The summed E-state index contributed by atoms with van der Waals surface area (Å²) in [5, 5.41) is 3.49. The molecule has 0 aliphatic carbocycles. The molecule has 1 saturated heterocycles. The fraction of sp³-hybridized carbons (Fsp3) is 0.615. The molecule has 0 unspecified atom stereocenters. The first kappa shape index (κ1) is 11.4. The molecule has 92 valence electrons. The molecular formula is C13H19N3S. The molecule has 3 heterocycles. The predicted octanol–water partition coefficient (Wildman–Crippen LogP) is 1.97. The summed E-state index contributed by atoms with van der Waals surface area (Å²) in [7, 11) is 0. The van der Waals surface area contributed by atoms with Crippen LogP contribution < -0.4 is 10.2 Å². The van der Waals surface area contributed by atoms with Gasteiger partial charge in [0.25, 0.3) is 0 Å². The largest absolute Gasteiger partial charge is 0.350 e. The van der Waals surface area contributed by atoms with Gasteiger partial charge in [-0.15, -0.1) is 11.8 Å². The van der Waals surface area contributed by atoms with Crippen molar-refractivity contribution in [1.82, 2.24) is 10.3 Å². The summed E-state index contributed by atoms with van der Waals surface area (Å²) in [6.07, 6.45) is 1.26. The van der Waals surface area contributed by atoms with E-state index in [1.54, 1.807) is 0 Å². The summed E-state index contributed by atoms with van der Waals surface area (Å²) in [4.78, 5) is 8.72. The van der Waals surface area contributed by atoms with Crippen molar-refractivity contribution in [3.63, 3.8) is 0 Å². The lowest BCUT2D eigenvalue weighted by Gasteiger charge is -2.36. The Balaban J connectivity index is 2.05. The highest BCUT2D eigenvalue weighted by molar-refractivity contribution is 7.99. The summed E-state index contributed by atoms with van der Waals surface area (Å²) >= 11 is 1.97. The zero-order valence-electron chi connectivity index (χ0n) is 10.5. The summed E-state index contributed by atoms with van der Waals surface area (Å²) < 4.78 is 0. The molecule has 1 aromatic rings. The Kier molecular flexibility index (Phi) is 3.01. The molecule has 0 bridgehead atoms. The van der Waals surface area contributed by atoms with E-state index in [9.17, 15) is 0 Å². The second-order valence-corrected chi connectivity index (χ2v) is 6.04. The first-order chi connectivity index (χ1) is 8.25. The Morgan fingerprint density at radius 2 is 2.35 bits per heavy atom. The summed E-state index contributed by atoms with van der Waals surface area (Å²) in [6, 6.07) is 2.94. The van der Waals surface area contributed by atoms with E-state index >= 15 is 0 Å². The quantitative estimate of drug-likeness (QED) is 0.761. The lowest BCUT2D eigenvalue weighted by atomic mass is 10.1. The highest BCUT2D eigenvalue weighted by Crippen LogP contribution is 2.36. The number of anilines is 1. The molecular weight excluding hydrogens is 230 g/mol. The number of thioether (sulfide) groups is 1. The molecule has 2 aliphatic heterocycles. The Labute approximate surface area is 107 Å². The normalized spacial score (nSPS) is 23.9. The van der Waals surface area contributed by atoms with Crippen LogP contribution in [0.3, 0.4) is 0 Å². The third-order valence-corrected chi connectivity index (χ3v) is 4.79. The zero-order chi connectivity index (χ0) is 11.8. The van der Waals surface area contributed by atoms with Gasteiger partial charge in [-0.2, -0.15) is 0 Å². The van der Waals surface area contributed by atoms with Gasteiger partial charge in [-0.25, -0.2) is 4.98 Å². The molecule has 0 aromatic carbocycles. The number of piperazine rings is 1. The minimum absolute atomic E-state index is 0.632. The van der Waals surface area contributed by atoms with Crippen LogP contribution in [-0.2, 0) is 0 Å². The van der Waals surface area contributed by atoms with Crippen LogP contribution in [0.1, 0.15) is 17.7 Å². The fourth-order valence-electron chi connectivity index (χ4n) is 2.58. The van der Waals surface area contributed by atoms with Crippen LogP contribution in [-0.4, -0.2) is 36.4 Å². The van der Waals surface area contributed by atoms with Crippen LogP contribution in [0.25, 0.3) is 0 Å². The minimum atomic E-state index is 0.632. The van der Waals surface area contributed by atoms with Crippen molar-refractivity contribution in [1.29, 1.82) is 0 Å². The highest BCUT2D eigenvalue weighted by atomic mass is 32.2. The molecule has 0 radical (unpaired) electrons. The fourth-order valence-corrected chi connectivity index (χ4v) is 3.74. The Morgan fingerprint density at radius 3 is 3.24 bits per heavy atom. The third-order valence-electron chi connectivity index (χ3n) is 3.74. The molecule has 1 N–H and O–H groups in total. The minimum Gasteiger partial charge on any atom is -0.350 e. The Morgan fingerprint density at radius 1 is 1.47 bits per heavy atom. The smallest absolute Gasteiger partial charge is 0.142 e. The summed E-state index contributed by atoms with van der Waals surface area (Å²) in [5.74, 6) is 2.43. The van der Waals surface area contributed by atoms with Crippen LogP contribution in [0.2, 0.25) is 0 Å². The predicted molar refractivity (Wildman–Crippen MR) is 73.1 cm³/mol. The standard InChI is InChI=1S/C13H19N3S/c1-9-7-12-13(15-10(9)2)16-5-4-14-8-11(16)3-6-17-12/h7,11,14H,3-6,8H2,1-2H3/t11-/m0/s1. The SMILES string of the molecule is Cc1cc2c(nc1C)N1CCNC[C@@H]1CCS2. The molecule has 1 aromatic heterocycles. The van der Waals surface area contributed by atoms with Crippen molar-refractivity contribution in [2.45, 2.75) is 31.2 Å². The first-order valence-electron chi connectivity index (χ1n) is 6.34. The maximum Gasteiger partial charge on any atom is 0.142 e. The zero-order valence-corrected chi connectivity index (χ0v) is 11.3. The van der Waals surface area contributed by atoms with Gasteiger partial charge in [-0.05, 0) is 31.9 Å². The monoisotopic (exact) mass is 249 g/mol. The maximum atomic E-state index is 4.83. The van der Waals surface area contributed by atoms with Crippen LogP contribution in [0.15, 0.2) is 11.0 Å². The van der Waals surface area contributed by atoms with E-state index in [4.69, 9.17) is 4.98 Å². The van der Waals surface area contributed by atoms with Gasteiger partial charge in [0.15, 0.2) is 0 Å². The molecule has 0 saturated carbocycles. The van der Waals surface area contributed by atoms with Crippen LogP contribution >= 0.6 is 11.8 Å². The van der Waals surface area contributed by atoms with Crippen LogP contribution in [0, 0.1) is 13.8 Å². The topological polar surface area (TPSA) is 28.2 Å². The lowest BCUT2D eigenvalue weighted by Crippen LogP contribution is -2.51. The van der Waals surface area contributed by atoms with Crippen molar-refractivity contribution in [2.75, 3.05) is 30.3 Å². The van der Waals surface area contributed by atoms with E-state index in [-0.39, 0.29) is 0 Å². The molecule has 0 spiro atoms. The number of pyridine rings is 1. The second-order valence-electron chi connectivity index (χ2n) is 4.90.